The summed E-state index contributed by atoms with van der Waals surface area (Å²) in [5, 5.41) is 0. The Morgan fingerprint density at radius 1 is 1.78 bits per heavy atom. The van der Waals surface area contributed by atoms with Gasteiger partial charge >= 0.3 is 14.2 Å². The van der Waals surface area contributed by atoms with E-state index in [0.717, 1.165) is 5.57 Å². The van der Waals surface area contributed by atoms with Crippen LogP contribution < -0.4 is 0 Å². The third-order valence-electron chi connectivity index (χ3n) is 0.603. The van der Waals surface area contributed by atoms with Crippen molar-refractivity contribution in [3.8, 4) is 0 Å². The van der Waals surface area contributed by atoms with Crippen molar-refractivity contribution >= 4 is 14.2 Å². The first-order valence-electron chi connectivity index (χ1n) is 2.52. The first-order valence-corrected chi connectivity index (χ1v) is 2.52. The molecular formula is C5H9BO3. The van der Waals surface area contributed by atoms with Gasteiger partial charge in [-0.3, -0.25) is 0 Å². The van der Waals surface area contributed by atoms with E-state index < -0.39 is 6.16 Å². The minimum Gasteiger partial charge on any atom is -0.513 e. The van der Waals surface area contributed by atoms with Crippen LogP contribution in [0.2, 0.25) is 0 Å². The number of ether oxygens (including phenoxy) is 1. The van der Waals surface area contributed by atoms with Crippen molar-refractivity contribution in [2.45, 2.75) is 6.92 Å². The monoisotopic (exact) mass is 128 g/mol. The van der Waals surface area contributed by atoms with Crippen molar-refractivity contribution in [2.24, 2.45) is 0 Å². The van der Waals surface area contributed by atoms with Crippen molar-refractivity contribution < 1.29 is 14.2 Å². The van der Waals surface area contributed by atoms with Crippen molar-refractivity contribution in [3.05, 3.63) is 12.2 Å². The molecule has 0 amide bonds. The second-order valence-corrected chi connectivity index (χ2v) is 1.70. The molecule has 9 heavy (non-hydrogen) atoms. The SMILES string of the molecule is BOC(=O)OCC(=C)C. The number of carbonyl (C=O) groups excluding carboxylic acids is 1. The van der Waals surface area contributed by atoms with Gasteiger partial charge < -0.3 is 9.39 Å². The normalized spacial score (nSPS) is 8.11. The smallest absolute Gasteiger partial charge is 0.489 e. The molecule has 0 N–H and O–H groups in total. The first kappa shape index (κ1) is 8.07. The fourth-order valence-corrected chi connectivity index (χ4v) is 0.241. The van der Waals surface area contributed by atoms with E-state index >= 15 is 0 Å². The quantitative estimate of drug-likeness (QED) is 0.304. The van der Waals surface area contributed by atoms with E-state index in [1.54, 1.807) is 6.92 Å². The Morgan fingerprint density at radius 3 is 2.67 bits per heavy atom. The standard InChI is InChI=1S/C5H9BO3/c1-4(2)3-8-5(7)9-6/h1,3,6H2,2H3. The maximum Gasteiger partial charge on any atom is 0.489 e. The zero-order valence-electron chi connectivity index (χ0n) is 5.64. The Morgan fingerprint density at radius 2 is 2.33 bits per heavy atom. The van der Waals surface area contributed by atoms with E-state index in [1.165, 1.54) is 8.05 Å². The Hall–Kier alpha value is -0.925. The highest BCUT2D eigenvalue weighted by molar-refractivity contribution is 6.04. The zero-order chi connectivity index (χ0) is 7.28. The van der Waals surface area contributed by atoms with E-state index in [1.807, 2.05) is 0 Å². The molecule has 50 valence electrons. The summed E-state index contributed by atoms with van der Waals surface area (Å²) < 4.78 is 8.69. The molecule has 0 aromatic carbocycles. The predicted molar refractivity (Wildman–Crippen MR) is 35.8 cm³/mol. The molecule has 0 atom stereocenters. The van der Waals surface area contributed by atoms with E-state index in [2.05, 4.69) is 16.0 Å². The number of carbonyl (C=O) groups is 1. The average molecular weight is 128 g/mol. The van der Waals surface area contributed by atoms with Crippen molar-refractivity contribution in [2.75, 3.05) is 6.61 Å². The Balaban J connectivity index is 3.28. The highest BCUT2D eigenvalue weighted by Crippen LogP contribution is 1.89. The van der Waals surface area contributed by atoms with Gasteiger partial charge in [-0.05, 0) is 12.5 Å². The summed E-state index contributed by atoms with van der Waals surface area (Å²) in [6.45, 7) is 5.52. The van der Waals surface area contributed by atoms with Crippen LogP contribution in [0.5, 0.6) is 0 Å². The topological polar surface area (TPSA) is 35.5 Å². The second kappa shape index (κ2) is 4.00. The lowest BCUT2D eigenvalue weighted by Crippen LogP contribution is -2.06. The fraction of sp³-hybridized carbons (Fsp3) is 0.400. The molecule has 0 heterocycles. The fourth-order valence-electron chi connectivity index (χ4n) is 0.241. The summed E-state index contributed by atoms with van der Waals surface area (Å²) in [6, 6.07) is 0. The summed E-state index contributed by atoms with van der Waals surface area (Å²) in [5.41, 5.74) is 0.792. The van der Waals surface area contributed by atoms with Gasteiger partial charge in [0.2, 0.25) is 0 Å². The van der Waals surface area contributed by atoms with Crippen LogP contribution in [0.3, 0.4) is 0 Å². The van der Waals surface area contributed by atoms with Crippen LogP contribution in [0.25, 0.3) is 0 Å². The van der Waals surface area contributed by atoms with E-state index in [0.29, 0.717) is 0 Å². The van der Waals surface area contributed by atoms with Gasteiger partial charge in [0.1, 0.15) is 6.61 Å². The minimum absolute atomic E-state index is 0.229. The number of hydrogen-bond acceptors (Lipinski definition) is 3. The average Bonchev–Trinajstić information content (AvgIpc) is 1.83. The number of rotatable bonds is 2. The van der Waals surface area contributed by atoms with Crippen LogP contribution in [0.1, 0.15) is 6.92 Å². The summed E-state index contributed by atoms with van der Waals surface area (Å²) in [4.78, 5) is 10.2. The predicted octanol–water partition coefficient (Wildman–Crippen LogP) is 0.264. The molecule has 0 saturated heterocycles. The molecule has 0 aromatic rings. The van der Waals surface area contributed by atoms with Crippen LogP contribution in [-0.2, 0) is 9.39 Å². The second-order valence-electron chi connectivity index (χ2n) is 1.70. The summed E-state index contributed by atoms with van der Waals surface area (Å²) in [6.07, 6.45) is -0.669. The first-order chi connectivity index (χ1) is 4.16. The molecule has 0 unspecified atom stereocenters. The highest BCUT2D eigenvalue weighted by atomic mass is 16.7. The summed E-state index contributed by atoms with van der Waals surface area (Å²) in [7, 11) is 1.26. The third kappa shape index (κ3) is 4.94. The van der Waals surface area contributed by atoms with Crippen molar-refractivity contribution in [1.29, 1.82) is 0 Å². The van der Waals surface area contributed by atoms with Crippen LogP contribution in [0.4, 0.5) is 4.79 Å². The molecule has 4 heteroatoms. The van der Waals surface area contributed by atoms with Gasteiger partial charge in [-0.25, -0.2) is 4.79 Å². The number of hydrogen-bond donors (Lipinski definition) is 0. The molecule has 0 rings (SSSR count). The minimum atomic E-state index is -0.669. The van der Waals surface area contributed by atoms with Gasteiger partial charge in [0.15, 0.2) is 0 Å². The van der Waals surface area contributed by atoms with Crippen LogP contribution in [0, 0.1) is 0 Å². The lowest BCUT2D eigenvalue weighted by molar-refractivity contribution is 0.111. The summed E-state index contributed by atoms with van der Waals surface area (Å²) >= 11 is 0. The third-order valence-corrected chi connectivity index (χ3v) is 0.603. The molecule has 0 aliphatic rings. The molecule has 0 aromatic heterocycles. The largest absolute Gasteiger partial charge is 0.513 e. The maximum absolute atomic E-state index is 10.2. The lowest BCUT2D eigenvalue weighted by atomic mass is 10.4. The van der Waals surface area contributed by atoms with Gasteiger partial charge in [0, 0.05) is 0 Å². The van der Waals surface area contributed by atoms with Gasteiger partial charge in [-0.15, -0.1) is 0 Å². The Bertz CT molecular complexity index is 121. The van der Waals surface area contributed by atoms with E-state index in [-0.39, 0.29) is 6.61 Å². The molecule has 0 spiro atoms. The molecule has 0 fully saturated rings. The Kier molecular flexibility index (Phi) is 3.59. The van der Waals surface area contributed by atoms with Gasteiger partial charge in [0.25, 0.3) is 0 Å². The van der Waals surface area contributed by atoms with Gasteiger partial charge in [0.05, 0.1) is 0 Å². The van der Waals surface area contributed by atoms with Gasteiger partial charge in [-0.1, -0.05) is 6.58 Å². The molecule has 0 bridgehead atoms. The molecule has 0 aliphatic carbocycles. The maximum atomic E-state index is 10.2. The van der Waals surface area contributed by atoms with E-state index in [4.69, 9.17) is 0 Å². The molecule has 0 radical (unpaired) electrons. The molecule has 0 aliphatic heterocycles. The molecular weight excluding hydrogens is 119 g/mol. The van der Waals surface area contributed by atoms with Crippen molar-refractivity contribution in [3.63, 3.8) is 0 Å². The summed E-state index contributed by atoms with van der Waals surface area (Å²) in [5.74, 6) is 0. The van der Waals surface area contributed by atoms with Gasteiger partial charge in [-0.2, -0.15) is 0 Å². The zero-order valence-corrected chi connectivity index (χ0v) is 5.64. The molecule has 0 saturated carbocycles. The Labute approximate surface area is 55.1 Å². The van der Waals surface area contributed by atoms with Crippen LogP contribution in [-0.4, -0.2) is 20.8 Å². The highest BCUT2D eigenvalue weighted by Gasteiger charge is 1.96. The van der Waals surface area contributed by atoms with Crippen LogP contribution in [0.15, 0.2) is 12.2 Å². The molecule has 3 nitrogen and oxygen atoms in total. The lowest BCUT2D eigenvalue weighted by Gasteiger charge is -2.00. The van der Waals surface area contributed by atoms with E-state index in [9.17, 15) is 4.79 Å². The van der Waals surface area contributed by atoms with Crippen LogP contribution >= 0.6 is 0 Å². The van der Waals surface area contributed by atoms with Crippen molar-refractivity contribution in [1.82, 2.24) is 0 Å².